The van der Waals surface area contributed by atoms with E-state index in [9.17, 15) is 14.7 Å². The summed E-state index contributed by atoms with van der Waals surface area (Å²) in [6.45, 7) is 3.97. The van der Waals surface area contributed by atoms with Gasteiger partial charge in [-0.3, -0.25) is 14.5 Å². The Balaban J connectivity index is 2.13. The second-order valence-electron chi connectivity index (χ2n) is 5.19. The number of aliphatic hydroxyl groups is 1. The third kappa shape index (κ3) is 3.20. The molecule has 1 aromatic carbocycles. The quantitative estimate of drug-likeness (QED) is 0.845. The van der Waals surface area contributed by atoms with Crippen LogP contribution in [0.4, 0.5) is 0 Å². The van der Waals surface area contributed by atoms with E-state index >= 15 is 0 Å². The van der Waals surface area contributed by atoms with E-state index in [1.54, 1.807) is 0 Å². The van der Waals surface area contributed by atoms with Crippen LogP contribution in [0.2, 0.25) is 0 Å². The molecule has 0 aromatic heterocycles. The molecule has 19 heavy (non-hydrogen) atoms. The Hall–Kier alpha value is -1.68. The van der Waals surface area contributed by atoms with Gasteiger partial charge in [0.25, 0.3) is 0 Å². The van der Waals surface area contributed by atoms with Crippen LogP contribution < -0.4 is 0 Å². The zero-order chi connectivity index (χ0) is 14.0. The number of hydrogen-bond acceptors (Lipinski definition) is 3. The molecule has 1 atom stereocenters. The number of hydrogen-bond donors (Lipinski definition) is 1. The van der Waals surface area contributed by atoms with Crippen molar-refractivity contribution in [2.24, 2.45) is 0 Å². The summed E-state index contributed by atoms with van der Waals surface area (Å²) in [5, 5.41) is 10.2. The second-order valence-corrected chi connectivity index (χ2v) is 5.19. The smallest absolute Gasteiger partial charge is 0.229 e. The number of aryl methyl sites for hydroxylation is 2. The molecule has 1 N–H and O–H groups in total. The number of carbonyl (C=O) groups is 2. The molecule has 2 amide bonds. The Labute approximate surface area is 113 Å². The highest BCUT2D eigenvalue weighted by Crippen LogP contribution is 2.21. The van der Waals surface area contributed by atoms with Gasteiger partial charge < -0.3 is 5.11 Å². The first-order valence-electron chi connectivity index (χ1n) is 6.57. The van der Waals surface area contributed by atoms with E-state index < -0.39 is 6.10 Å². The molecule has 1 saturated heterocycles. The van der Waals surface area contributed by atoms with Gasteiger partial charge in [-0.25, -0.2) is 0 Å². The fourth-order valence-electron chi connectivity index (χ4n) is 2.48. The highest BCUT2D eigenvalue weighted by Gasteiger charge is 2.28. The number of piperidine rings is 1. The van der Waals surface area contributed by atoms with Crippen molar-refractivity contribution in [3.8, 4) is 0 Å². The standard InChI is InChI=1S/C15H19NO3/c1-10-6-11(2)8-12(7-10)13(17)9-16-14(18)4-3-5-15(16)19/h6-8,13,17H,3-5,9H2,1-2H3. The van der Waals surface area contributed by atoms with Gasteiger partial charge in [-0.2, -0.15) is 0 Å². The van der Waals surface area contributed by atoms with Crippen LogP contribution in [0.5, 0.6) is 0 Å². The Bertz CT molecular complexity index is 474. The lowest BCUT2D eigenvalue weighted by Crippen LogP contribution is -2.42. The van der Waals surface area contributed by atoms with Crippen molar-refractivity contribution in [3.05, 3.63) is 34.9 Å². The fraction of sp³-hybridized carbons (Fsp3) is 0.467. The van der Waals surface area contributed by atoms with E-state index in [4.69, 9.17) is 0 Å². The summed E-state index contributed by atoms with van der Waals surface area (Å²) >= 11 is 0. The first-order valence-corrected chi connectivity index (χ1v) is 6.57. The van der Waals surface area contributed by atoms with Gasteiger partial charge in [0.1, 0.15) is 0 Å². The molecular formula is C15H19NO3. The van der Waals surface area contributed by atoms with E-state index in [2.05, 4.69) is 0 Å². The zero-order valence-corrected chi connectivity index (χ0v) is 11.3. The van der Waals surface area contributed by atoms with Crippen LogP contribution >= 0.6 is 0 Å². The number of likely N-dealkylation sites (tertiary alicyclic amines) is 1. The average Bonchev–Trinajstić information content (AvgIpc) is 2.32. The summed E-state index contributed by atoms with van der Waals surface area (Å²) in [4.78, 5) is 24.6. The predicted octanol–water partition coefficient (Wildman–Crippen LogP) is 1.88. The number of β-amino-alcohol motifs (C(OH)–C–C–N with tert-alkyl or cyclic N) is 1. The third-order valence-electron chi connectivity index (χ3n) is 3.37. The molecular weight excluding hydrogens is 242 g/mol. The number of imide groups is 1. The van der Waals surface area contributed by atoms with E-state index in [-0.39, 0.29) is 18.4 Å². The molecule has 4 heteroatoms. The third-order valence-corrected chi connectivity index (χ3v) is 3.37. The largest absolute Gasteiger partial charge is 0.387 e. The molecule has 4 nitrogen and oxygen atoms in total. The van der Waals surface area contributed by atoms with Gasteiger partial charge >= 0.3 is 0 Å². The number of rotatable bonds is 3. The summed E-state index contributed by atoms with van der Waals surface area (Å²) in [6.07, 6.45) is 0.592. The summed E-state index contributed by atoms with van der Waals surface area (Å²) in [6, 6.07) is 5.79. The summed E-state index contributed by atoms with van der Waals surface area (Å²) in [5.74, 6) is -0.362. The van der Waals surface area contributed by atoms with Crippen molar-refractivity contribution in [2.75, 3.05) is 6.54 Å². The lowest BCUT2D eigenvalue weighted by molar-refractivity contribution is -0.149. The van der Waals surface area contributed by atoms with E-state index in [1.165, 1.54) is 4.90 Å². The molecule has 0 aliphatic carbocycles. The maximum Gasteiger partial charge on any atom is 0.229 e. The van der Waals surface area contributed by atoms with Gasteiger partial charge in [0.15, 0.2) is 0 Å². The maximum atomic E-state index is 11.7. The van der Waals surface area contributed by atoms with Crippen molar-refractivity contribution in [1.29, 1.82) is 0 Å². The summed E-state index contributed by atoms with van der Waals surface area (Å²) in [5.41, 5.74) is 2.87. The molecule has 0 saturated carbocycles. The molecule has 1 heterocycles. The Kier molecular flexibility index (Phi) is 4.00. The van der Waals surface area contributed by atoms with Gasteiger partial charge in [-0.15, -0.1) is 0 Å². The summed E-state index contributed by atoms with van der Waals surface area (Å²) in [7, 11) is 0. The molecule has 0 spiro atoms. The van der Waals surface area contributed by atoms with Gasteiger partial charge in [0.2, 0.25) is 11.8 Å². The number of carbonyl (C=O) groups excluding carboxylic acids is 2. The van der Waals surface area contributed by atoms with Crippen LogP contribution in [0.15, 0.2) is 18.2 Å². The average molecular weight is 261 g/mol. The van der Waals surface area contributed by atoms with Crippen LogP contribution in [-0.2, 0) is 9.59 Å². The Morgan fingerprint density at radius 2 is 1.63 bits per heavy atom. The van der Waals surface area contributed by atoms with Crippen LogP contribution in [-0.4, -0.2) is 28.4 Å². The second kappa shape index (κ2) is 5.53. The van der Waals surface area contributed by atoms with Crippen molar-refractivity contribution < 1.29 is 14.7 Å². The van der Waals surface area contributed by atoms with Crippen LogP contribution in [0.1, 0.15) is 42.1 Å². The SMILES string of the molecule is Cc1cc(C)cc(C(O)CN2C(=O)CCCC2=O)c1. The number of amides is 2. The number of benzene rings is 1. The first kappa shape index (κ1) is 13.7. The normalized spacial score (nSPS) is 17.7. The fourth-order valence-corrected chi connectivity index (χ4v) is 2.48. The molecule has 1 aromatic rings. The number of aliphatic hydroxyl groups excluding tert-OH is 1. The Morgan fingerprint density at radius 1 is 1.11 bits per heavy atom. The first-order chi connectivity index (χ1) is 8.97. The van der Waals surface area contributed by atoms with Gasteiger partial charge in [0, 0.05) is 12.8 Å². The highest BCUT2D eigenvalue weighted by atomic mass is 16.3. The molecule has 1 aliphatic heterocycles. The van der Waals surface area contributed by atoms with Crippen molar-refractivity contribution in [1.82, 2.24) is 4.90 Å². The molecule has 1 fully saturated rings. The number of nitrogens with zero attached hydrogens (tertiary/aromatic N) is 1. The Morgan fingerprint density at radius 3 is 2.16 bits per heavy atom. The molecule has 1 unspecified atom stereocenters. The molecule has 102 valence electrons. The van der Waals surface area contributed by atoms with Crippen molar-refractivity contribution in [3.63, 3.8) is 0 Å². The van der Waals surface area contributed by atoms with Crippen LogP contribution in [0.3, 0.4) is 0 Å². The highest BCUT2D eigenvalue weighted by molar-refractivity contribution is 5.97. The van der Waals surface area contributed by atoms with Gasteiger partial charge in [0.05, 0.1) is 12.6 Å². The minimum absolute atomic E-state index is 0.0561. The maximum absolute atomic E-state index is 11.7. The van der Waals surface area contributed by atoms with Crippen LogP contribution in [0.25, 0.3) is 0 Å². The van der Waals surface area contributed by atoms with E-state index in [1.807, 2.05) is 32.0 Å². The molecule has 0 radical (unpaired) electrons. The zero-order valence-electron chi connectivity index (χ0n) is 11.3. The molecule has 1 aliphatic rings. The predicted molar refractivity (Wildman–Crippen MR) is 71.4 cm³/mol. The lowest BCUT2D eigenvalue weighted by Gasteiger charge is -2.27. The van der Waals surface area contributed by atoms with E-state index in [0.29, 0.717) is 19.3 Å². The van der Waals surface area contributed by atoms with Crippen LogP contribution in [0, 0.1) is 13.8 Å². The minimum atomic E-state index is -0.815. The monoisotopic (exact) mass is 261 g/mol. The van der Waals surface area contributed by atoms with Crippen molar-refractivity contribution in [2.45, 2.75) is 39.2 Å². The lowest BCUT2D eigenvalue weighted by atomic mass is 10.0. The topological polar surface area (TPSA) is 57.6 Å². The van der Waals surface area contributed by atoms with Gasteiger partial charge in [-0.05, 0) is 25.8 Å². The molecule has 0 bridgehead atoms. The molecule has 2 rings (SSSR count). The van der Waals surface area contributed by atoms with E-state index in [0.717, 1.165) is 16.7 Å². The minimum Gasteiger partial charge on any atom is -0.387 e. The van der Waals surface area contributed by atoms with Gasteiger partial charge in [-0.1, -0.05) is 29.3 Å². The van der Waals surface area contributed by atoms with Crippen molar-refractivity contribution >= 4 is 11.8 Å². The summed E-state index contributed by atoms with van der Waals surface area (Å²) < 4.78 is 0.